The van der Waals surface area contributed by atoms with Gasteiger partial charge in [-0.25, -0.2) is 13.6 Å². The largest absolute Gasteiger partial charge is 0.467 e. The molecule has 1 N–H and O–H groups in total. The molecule has 7 rings (SSSR count). The van der Waals surface area contributed by atoms with E-state index in [1.807, 2.05) is 40.4 Å². The number of carbonyl (C=O) groups excluding carboxylic acids is 1. The molecule has 2 aromatic heterocycles. The van der Waals surface area contributed by atoms with E-state index in [9.17, 15) is 4.79 Å². The SMILES string of the molecule is C=C1CC2CCCN2C1.COc1nc(NC2CCN(C(=O)OC(C)(C)C)C2C)c2cnc(-c3cccc4ccc(F)c(C#CSPC)c34)c(F)c2n1.[Tl]. The zero-order valence-electron chi connectivity index (χ0n) is 31.1. The standard InChI is InChI=1S/C31H32F2N5O3PS.C8H13N.Tl/c1-17-23(12-14-38(17)30(39)41-31(2,3)4)35-28-21-16-34-26(25(33)27(21)36-29(37-28)40-5)20-9-7-8-18-10-11-22(32)19(24(18)20)13-15-43-42-6;1-7-5-8-3-2-4-9(8)6-7;/h7-11,16-17,23,42H,12,14H2,1-6H3,(H,35,36,37);8H,1-6H2;. The van der Waals surface area contributed by atoms with E-state index in [1.54, 1.807) is 23.1 Å². The zero-order valence-corrected chi connectivity index (χ0v) is 37.4. The van der Waals surface area contributed by atoms with Crippen LogP contribution in [0.4, 0.5) is 19.4 Å². The number of rotatable bonds is 5. The summed E-state index contributed by atoms with van der Waals surface area (Å²) in [7, 11) is 1.93. The number of amides is 1. The number of aromatic nitrogens is 3. The number of halogens is 2. The topological polar surface area (TPSA) is 92.7 Å². The molecule has 0 bridgehead atoms. The first kappa shape index (κ1) is 41.1. The summed E-state index contributed by atoms with van der Waals surface area (Å²) in [5.41, 5.74) is 1.42. The van der Waals surface area contributed by atoms with Crippen LogP contribution in [0.3, 0.4) is 0 Å². The van der Waals surface area contributed by atoms with Gasteiger partial charge in [0.15, 0.2) is 5.82 Å². The molecule has 3 aliphatic rings. The van der Waals surface area contributed by atoms with E-state index >= 15 is 8.78 Å². The molecule has 4 unspecified atom stereocenters. The van der Waals surface area contributed by atoms with Crippen LogP contribution >= 0.6 is 19.2 Å². The van der Waals surface area contributed by atoms with Crippen molar-refractivity contribution in [1.82, 2.24) is 24.8 Å². The van der Waals surface area contributed by atoms with E-state index in [2.05, 4.69) is 42.9 Å². The van der Waals surface area contributed by atoms with E-state index in [-0.39, 0.29) is 62.2 Å². The van der Waals surface area contributed by atoms with Crippen molar-refractivity contribution in [2.24, 2.45) is 0 Å². The number of fused-ring (bicyclic) bond motifs is 3. The van der Waals surface area contributed by atoms with Gasteiger partial charge in [-0.3, -0.25) is 9.88 Å². The summed E-state index contributed by atoms with van der Waals surface area (Å²) in [6.45, 7) is 16.4. The first-order valence-electron chi connectivity index (χ1n) is 17.5. The summed E-state index contributed by atoms with van der Waals surface area (Å²) >= 11 is 1.39. The monoisotopic (exact) mass is 951 g/mol. The van der Waals surface area contributed by atoms with Crippen LogP contribution in [-0.4, -0.2) is 115 Å². The van der Waals surface area contributed by atoms with E-state index in [0.717, 1.165) is 6.04 Å². The molecule has 3 saturated heterocycles. The number of pyridine rings is 1. The second-order valence-corrected chi connectivity index (χ2v) is 16.9. The maximum absolute atomic E-state index is 16.4. The third kappa shape index (κ3) is 9.23. The Kier molecular flexibility index (Phi) is 13.6. The van der Waals surface area contributed by atoms with Crippen molar-refractivity contribution in [3.63, 3.8) is 0 Å². The molecule has 277 valence electrons. The Balaban J connectivity index is 0.000000468. The molecule has 4 atom stereocenters. The van der Waals surface area contributed by atoms with Crippen molar-refractivity contribution in [1.29, 1.82) is 0 Å². The smallest absolute Gasteiger partial charge is 0.410 e. The van der Waals surface area contributed by atoms with Gasteiger partial charge in [0, 0.05) is 69.6 Å². The van der Waals surface area contributed by atoms with E-state index < -0.39 is 23.3 Å². The van der Waals surface area contributed by atoms with E-state index in [4.69, 9.17) is 9.47 Å². The predicted molar refractivity (Wildman–Crippen MR) is 214 cm³/mol. The fourth-order valence-electron chi connectivity index (χ4n) is 7.13. The Labute approximate surface area is 336 Å². The molecule has 0 saturated carbocycles. The summed E-state index contributed by atoms with van der Waals surface area (Å²) in [6, 6.07) is 8.74. The van der Waals surface area contributed by atoms with Gasteiger partial charge in [0.25, 0.3) is 0 Å². The molecule has 2 aromatic carbocycles. The van der Waals surface area contributed by atoms with Crippen molar-refractivity contribution in [3.8, 4) is 28.4 Å². The Bertz CT molecular complexity index is 2060. The first-order chi connectivity index (χ1) is 24.9. The second-order valence-electron chi connectivity index (χ2n) is 14.3. The number of carbonyl (C=O) groups is 1. The Hall–Kier alpha value is -3.12. The maximum Gasteiger partial charge on any atom is 0.410 e. The molecule has 0 spiro atoms. The Morgan fingerprint density at radius 1 is 1.15 bits per heavy atom. The molecule has 1 radical (unpaired) electrons. The molecular weight excluding hydrogens is 906 g/mol. The average Bonchev–Trinajstić information content (AvgIpc) is 3.80. The van der Waals surface area contributed by atoms with Crippen LogP contribution in [0.5, 0.6) is 6.01 Å². The minimum absolute atomic E-state index is 0. The van der Waals surface area contributed by atoms with Gasteiger partial charge in [0.1, 0.15) is 28.4 Å². The van der Waals surface area contributed by atoms with Gasteiger partial charge in [0.05, 0.1) is 24.1 Å². The van der Waals surface area contributed by atoms with Gasteiger partial charge in [-0.2, -0.15) is 9.97 Å². The fraction of sp³-hybridized carbons (Fsp3) is 0.436. The minimum Gasteiger partial charge on any atom is -0.467 e. The summed E-state index contributed by atoms with van der Waals surface area (Å²) in [5, 5.41) is 7.82. The molecule has 3 aliphatic heterocycles. The van der Waals surface area contributed by atoms with Crippen LogP contribution in [0.25, 0.3) is 32.9 Å². The number of hydrogen-bond donors (Lipinski definition) is 1. The van der Waals surface area contributed by atoms with Gasteiger partial charge >= 0.3 is 12.1 Å². The second kappa shape index (κ2) is 17.6. The molecule has 3 fully saturated rings. The zero-order chi connectivity index (χ0) is 37.2. The number of ether oxygens (including phenoxy) is 2. The van der Waals surface area contributed by atoms with Crippen molar-refractivity contribution in [2.75, 3.05) is 38.7 Å². The molecule has 4 aromatic rings. The summed E-state index contributed by atoms with van der Waals surface area (Å²) in [5.74, 6) is 2.06. The predicted octanol–water partition coefficient (Wildman–Crippen LogP) is 8.24. The van der Waals surface area contributed by atoms with Gasteiger partial charge in [-0.15, -0.1) is 0 Å². The van der Waals surface area contributed by atoms with Gasteiger partial charge in [-0.05, 0) is 83.3 Å². The minimum atomic E-state index is -0.698. The number of benzene rings is 2. The number of nitrogens with zero attached hydrogens (tertiary/aromatic N) is 5. The fourth-order valence-corrected chi connectivity index (χ4v) is 7.85. The molecule has 14 heteroatoms. The number of nitrogens with one attached hydrogen (secondary N) is 1. The number of hydrogen-bond acceptors (Lipinski definition) is 9. The van der Waals surface area contributed by atoms with Gasteiger partial charge in [0.2, 0.25) is 0 Å². The van der Waals surface area contributed by atoms with Crippen molar-refractivity contribution in [2.45, 2.75) is 77.1 Å². The number of likely N-dealkylation sites (tertiary alicyclic amines) is 1. The van der Waals surface area contributed by atoms with Crippen LogP contribution in [-0.2, 0) is 4.74 Å². The number of methoxy groups -OCH3 is 1. The van der Waals surface area contributed by atoms with Crippen LogP contribution in [0.15, 0.2) is 48.7 Å². The average molecular weight is 951 g/mol. The van der Waals surface area contributed by atoms with E-state index in [1.165, 1.54) is 68.7 Å². The Morgan fingerprint density at radius 2 is 1.94 bits per heavy atom. The molecular formula is C39H45F2N6O3PSTl. The van der Waals surface area contributed by atoms with Crippen LogP contribution in [0, 0.1) is 22.8 Å². The normalized spacial score (nSPS) is 19.8. The van der Waals surface area contributed by atoms with Crippen molar-refractivity contribution < 1.29 is 23.0 Å². The molecule has 1 amide bonds. The molecule has 5 heterocycles. The summed E-state index contributed by atoms with van der Waals surface area (Å²) in [4.78, 5) is 30.2. The van der Waals surface area contributed by atoms with Crippen LogP contribution < -0.4 is 10.1 Å². The molecule has 9 nitrogen and oxygen atoms in total. The number of anilines is 1. The van der Waals surface area contributed by atoms with Crippen LogP contribution in [0.1, 0.15) is 58.9 Å². The summed E-state index contributed by atoms with van der Waals surface area (Å²) in [6.07, 6.45) is 5.84. The third-order valence-electron chi connectivity index (χ3n) is 9.58. The molecule has 0 aliphatic carbocycles. The van der Waals surface area contributed by atoms with Crippen molar-refractivity contribution >= 4 is 80.0 Å². The third-order valence-corrected chi connectivity index (χ3v) is 10.9. The van der Waals surface area contributed by atoms with Crippen LogP contribution in [0.2, 0.25) is 0 Å². The molecule has 53 heavy (non-hydrogen) atoms. The van der Waals surface area contributed by atoms with Crippen molar-refractivity contribution in [3.05, 3.63) is 65.9 Å². The van der Waals surface area contributed by atoms with Gasteiger partial charge in [-0.1, -0.05) is 61.5 Å². The first-order valence-corrected chi connectivity index (χ1v) is 20.5. The van der Waals surface area contributed by atoms with E-state index in [0.29, 0.717) is 48.3 Å². The summed E-state index contributed by atoms with van der Waals surface area (Å²) < 4.78 is 42.3. The van der Waals surface area contributed by atoms with Gasteiger partial charge < -0.3 is 19.7 Å². The maximum atomic E-state index is 16.4. The quantitative estimate of drug-likeness (QED) is 0.0920. The Morgan fingerprint density at radius 3 is 2.66 bits per heavy atom.